The maximum Gasteiger partial charge on any atom is 0.262 e. The molecule has 2 aromatic heterocycles. The summed E-state index contributed by atoms with van der Waals surface area (Å²) in [5, 5.41) is 0.743. The quantitative estimate of drug-likeness (QED) is 0.654. The van der Waals surface area contributed by atoms with Crippen molar-refractivity contribution in [2.45, 2.75) is 27.3 Å². The highest BCUT2D eigenvalue weighted by Gasteiger charge is 2.17. The summed E-state index contributed by atoms with van der Waals surface area (Å²) >= 11 is 5.04. The van der Waals surface area contributed by atoms with Crippen LogP contribution in [0, 0.1) is 12.8 Å². The van der Waals surface area contributed by atoms with Gasteiger partial charge in [-0.05, 0) is 30.5 Å². The van der Waals surface area contributed by atoms with Gasteiger partial charge in [0.05, 0.1) is 11.7 Å². The molecule has 0 bridgehead atoms. The van der Waals surface area contributed by atoms with Crippen molar-refractivity contribution < 1.29 is 0 Å². The summed E-state index contributed by atoms with van der Waals surface area (Å²) in [6, 6.07) is 8.08. The molecule has 3 nitrogen and oxygen atoms in total. The summed E-state index contributed by atoms with van der Waals surface area (Å²) in [5.41, 5.74) is 2.14. The van der Waals surface area contributed by atoms with Crippen LogP contribution in [0.3, 0.4) is 0 Å². The molecule has 0 aliphatic heterocycles. The van der Waals surface area contributed by atoms with E-state index in [-0.39, 0.29) is 5.56 Å². The lowest BCUT2D eigenvalue weighted by Gasteiger charge is -2.08. The zero-order valence-electron chi connectivity index (χ0n) is 12.8. The van der Waals surface area contributed by atoms with Gasteiger partial charge in [0, 0.05) is 21.5 Å². The van der Waals surface area contributed by atoms with Crippen LogP contribution >= 0.6 is 27.3 Å². The molecule has 0 N–H and O–H groups in total. The summed E-state index contributed by atoms with van der Waals surface area (Å²) in [7, 11) is 0. The molecule has 0 radical (unpaired) electrons. The lowest BCUT2D eigenvalue weighted by atomic mass is 10.0. The second kappa shape index (κ2) is 5.97. The Hall–Kier alpha value is -1.46. The molecule has 0 saturated carbocycles. The SMILES string of the molecule is Cc1sc2ncn(CC(C)C)c(=O)c2c1-c1ccc(Br)cc1. The van der Waals surface area contributed by atoms with E-state index in [9.17, 15) is 4.79 Å². The molecule has 2 heterocycles. The van der Waals surface area contributed by atoms with Crippen molar-refractivity contribution in [3.63, 3.8) is 0 Å². The predicted molar refractivity (Wildman–Crippen MR) is 96.6 cm³/mol. The predicted octanol–water partition coefficient (Wildman–Crippen LogP) is 4.85. The van der Waals surface area contributed by atoms with E-state index in [1.54, 1.807) is 22.2 Å². The lowest BCUT2D eigenvalue weighted by molar-refractivity contribution is 0.508. The fourth-order valence-corrected chi connectivity index (χ4v) is 3.89. The monoisotopic (exact) mass is 376 g/mol. The highest BCUT2D eigenvalue weighted by molar-refractivity contribution is 9.10. The third-order valence-electron chi connectivity index (χ3n) is 3.55. The second-order valence-corrected chi connectivity index (χ2v) is 7.94. The fourth-order valence-electron chi connectivity index (χ4n) is 2.63. The van der Waals surface area contributed by atoms with Crippen LogP contribution < -0.4 is 5.56 Å². The Bertz CT molecular complexity index is 878. The number of benzene rings is 1. The van der Waals surface area contributed by atoms with E-state index >= 15 is 0 Å². The first-order valence-corrected chi connectivity index (χ1v) is 8.83. The first-order valence-electron chi connectivity index (χ1n) is 7.22. The average molecular weight is 377 g/mol. The zero-order valence-corrected chi connectivity index (χ0v) is 15.2. The van der Waals surface area contributed by atoms with Crippen molar-refractivity contribution in [3.8, 4) is 11.1 Å². The van der Waals surface area contributed by atoms with Crippen LogP contribution in [0.15, 0.2) is 39.9 Å². The molecule has 0 atom stereocenters. The summed E-state index contributed by atoms with van der Waals surface area (Å²) in [5.74, 6) is 0.410. The van der Waals surface area contributed by atoms with Gasteiger partial charge in [-0.2, -0.15) is 0 Å². The van der Waals surface area contributed by atoms with Gasteiger partial charge in [0.1, 0.15) is 4.83 Å². The Balaban J connectivity index is 2.27. The van der Waals surface area contributed by atoms with E-state index in [1.807, 2.05) is 24.3 Å². The number of hydrogen-bond acceptors (Lipinski definition) is 3. The average Bonchev–Trinajstić information content (AvgIpc) is 2.80. The van der Waals surface area contributed by atoms with Gasteiger partial charge < -0.3 is 0 Å². The number of nitrogens with zero attached hydrogens (tertiary/aromatic N) is 2. The van der Waals surface area contributed by atoms with Crippen LogP contribution in [0.4, 0.5) is 0 Å². The van der Waals surface area contributed by atoms with Crippen molar-refractivity contribution in [2.75, 3.05) is 0 Å². The molecule has 22 heavy (non-hydrogen) atoms. The Labute approximate surface area is 141 Å². The molecular weight excluding hydrogens is 360 g/mol. The van der Waals surface area contributed by atoms with E-state index in [2.05, 4.69) is 41.7 Å². The number of hydrogen-bond donors (Lipinski definition) is 0. The number of rotatable bonds is 3. The molecule has 1 aromatic carbocycles. The number of halogens is 1. The smallest absolute Gasteiger partial charge is 0.262 e. The van der Waals surface area contributed by atoms with Crippen molar-refractivity contribution in [3.05, 3.63) is 50.3 Å². The van der Waals surface area contributed by atoms with Crippen molar-refractivity contribution in [1.82, 2.24) is 9.55 Å². The van der Waals surface area contributed by atoms with Crippen LogP contribution in [0.5, 0.6) is 0 Å². The van der Waals surface area contributed by atoms with Gasteiger partial charge in [0.15, 0.2) is 0 Å². The lowest BCUT2D eigenvalue weighted by Crippen LogP contribution is -2.22. The molecule has 5 heteroatoms. The van der Waals surface area contributed by atoms with Gasteiger partial charge in [-0.3, -0.25) is 9.36 Å². The first kappa shape index (κ1) is 15.4. The van der Waals surface area contributed by atoms with Crippen LogP contribution in [0.25, 0.3) is 21.3 Å². The zero-order chi connectivity index (χ0) is 15.9. The molecule has 0 aliphatic rings. The van der Waals surface area contributed by atoms with E-state index in [0.717, 1.165) is 30.7 Å². The number of fused-ring (bicyclic) bond motifs is 1. The summed E-state index contributed by atoms with van der Waals surface area (Å²) in [4.78, 5) is 19.3. The van der Waals surface area contributed by atoms with Gasteiger partial charge in [-0.15, -0.1) is 11.3 Å². The number of aromatic nitrogens is 2. The topological polar surface area (TPSA) is 34.9 Å². The Kier molecular flexibility index (Phi) is 4.19. The van der Waals surface area contributed by atoms with Crippen LogP contribution in [0.1, 0.15) is 18.7 Å². The molecule has 0 saturated heterocycles. The highest BCUT2D eigenvalue weighted by Crippen LogP contribution is 2.35. The minimum atomic E-state index is 0.0565. The van der Waals surface area contributed by atoms with E-state index in [0.29, 0.717) is 12.5 Å². The fraction of sp³-hybridized carbons (Fsp3) is 0.294. The van der Waals surface area contributed by atoms with Crippen LogP contribution in [-0.2, 0) is 6.54 Å². The first-order chi connectivity index (χ1) is 10.5. The molecule has 3 aromatic rings. The van der Waals surface area contributed by atoms with Crippen LogP contribution in [0.2, 0.25) is 0 Å². The Morgan fingerprint density at radius 2 is 1.95 bits per heavy atom. The normalized spacial score (nSPS) is 11.5. The summed E-state index contributed by atoms with van der Waals surface area (Å²) < 4.78 is 2.76. The van der Waals surface area contributed by atoms with Crippen molar-refractivity contribution in [1.29, 1.82) is 0 Å². The minimum Gasteiger partial charge on any atom is -0.298 e. The molecule has 3 rings (SSSR count). The van der Waals surface area contributed by atoms with Gasteiger partial charge in [0.2, 0.25) is 0 Å². The number of thiophene rings is 1. The van der Waals surface area contributed by atoms with Crippen molar-refractivity contribution in [2.24, 2.45) is 5.92 Å². The third kappa shape index (κ3) is 2.75. The van der Waals surface area contributed by atoms with Gasteiger partial charge in [0.25, 0.3) is 5.56 Å². The Morgan fingerprint density at radius 1 is 1.27 bits per heavy atom. The highest BCUT2D eigenvalue weighted by atomic mass is 79.9. The van der Waals surface area contributed by atoms with E-state index in [1.165, 1.54) is 0 Å². The maximum atomic E-state index is 12.9. The molecule has 0 unspecified atom stereocenters. The largest absolute Gasteiger partial charge is 0.298 e. The maximum absolute atomic E-state index is 12.9. The standard InChI is InChI=1S/C17H17BrN2OS/c1-10(2)8-20-9-19-16-15(17(20)21)14(11(3)22-16)12-4-6-13(18)7-5-12/h4-7,9-10H,8H2,1-3H3. The number of aryl methyl sites for hydroxylation is 1. The summed E-state index contributed by atoms with van der Waals surface area (Å²) in [6.07, 6.45) is 1.67. The minimum absolute atomic E-state index is 0.0565. The van der Waals surface area contributed by atoms with Gasteiger partial charge in [-0.25, -0.2) is 4.98 Å². The summed E-state index contributed by atoms with van der Waals surface area (Å²) in [6.45, 7) is 6.95. The van der Waals surface area contributed by atoms with Crippen LogP contribution in [-0.4, -0.2) is 9.55 Å². The van der Waals surface area contributed by atoms with E-state index < -0.39 is 0 Å². The molecule has 0 aliphatic carbocycles. The molecule has 0 fully saturated rings. The molecule has 0 spiro atoms. The molecular formula is C17H17BrN2OS. The Morgan fingerprint density at radius 3 is 2.59 bits per heavy atom. The van der Waals surface area contributed by atoms with Crippen molar-refractivity contribution >= 4 is 37.5 Å². The third-order valence-corrected chi connectivity index (χ3v) is 5.09. The second-order valence-electron chi connectivity index (χ2n) is 5.82. The van der Waals surface area contributed by atoms with Gasteiger partial charge >= 0.3 is 0 Å². The molecule has 0 amide bonds. The van der Waals surface area contributed by atoms with E-state index in [4.69, 9.17) is 0 Å². The molecule has 114 valence electrons. The van der Waals surface area contributed by atoms with Gasteiger partial charge in [-0.1, -0.05) is 41.9 Å².